The molecule has 1 atom stereocenters. The van der Waals surface area contributed by atoms with Crippen LogP contribution in [0.2, 0.25) is 0 Å². The predicted molar refractivity (Wildman–Crippen MR) is 64.1 cm³/mol. The smallest absolute Gasteiger partial charge is 0.132 e. The van der Waals surface area contributed by atoms with Crippen molar-refractivity contribution in [2.24, 2.45) is 0 Å². The van der Waals surface area contributed by atoms with E-state index in [4.69, 9.17) is 9.47 Å². The molecule has 1 N–H and O–H groups in total. The van der Waals surface area contributed by atoms with E-state index in [9.17, 15) is 5.26 Å². The van der Waals surface area contributed by atoms with Gasteiger partial charge in [0.25, 0.3) is 0 Å². The monoisotopic (exact) mass is 232 g/mol. The van der Waals surface area contributed by atoms with Gasteiger partial charge in [-0.2, -0.15) is 5.26 Å². The van der Waals surface area contributed by atoms with Crippen LogP contribution in [0, 0.1) is 11.3 Å². The summed E-state index contributed by atoms with van der Waals surface area (Å²) in [4.78, 5) is 0. The van der Waals surface area contributed by atoms with E-state index < -0.39 is 5.54 Å². The Morgan fingerprint density at radius 1 is 1.24 bits per heavy atom. The summed E-state index contributed by atoms with van der Waals surface area (Å²) in [6.07, 6.45) is 1.83. The van der Waals surface area contributed by atoms with E-state index in [1.54, 1.807) is 14.2 Å². The van der Waals surface area contributed by atoms with E-state index in [2.05, 4.69) is 11.4 Å². The highest BCUT2D eigenvalue weighted by atomic mass is 16.5. The van der Waals surface area contributed by atoms with Crippen molar-refractivity contribution in [1.29, 1.82) is 5.26 Å². The lowest BCUT2D eigenvalue weighted by Crippen LogP contribution is -2.35. The second kappa shape index (κ2) is 4.64. The number of nitrogens with zero attached hydrogens (tertiary/aromatic N) is 1. The third-order valence-corrected chi connectivity index (χ3v) is 3.19. The molecule has 0 saturated carbocycles. The summed E-state index contributed by atoms with van der Waals surface area (Å²) in [5, 5.41) is 12.7. The van der Waals surface area contributed by atoms with Crippen LogP contribution in [-0.4, -0.2) is 20.8 Å². The van der Waals surface area contributed by atoms with E-state index in [-0.39, 0.29) is 0 Å². The first-order valence-electron chi connectivity index (χ1n) is 5.64. The Hall–Kier alpha value is -1.73. The molecule has 4 nitrogen and oxygen atoms in total. The highest BCUT2D eigenvalue weighted by Crippen LogP contribution is 2.34. The molecular formula is C13H16N2O2. The lowest BCUT2D eigenvalue weighted by atomic mass is 9.89. The topological polar surface area (TPSA) is 54.3 Å². The molecule has 1 fully saturated rings. The van der Waals surface area contributed by atoms with Gasteiger partial charge in [-0.25, -0.2) is 0 Å². The van der Waals surface area contributed by atoms with Crippen LogP contribution in [0.25, 0.3) is 0 Å². The Morgan fingerprint density at radius 2 is 1.88 bits per heavy atom. The Balaban J connectivity index is 2.47. The standard InChI is InChI=1S/C13H16N2O2/c1-16-11-6-10(7-12(8-11)17-2)13(9-14)4-3-5-15-13/h6-8,15H,3-5H2,1-2H3. The normalized spacial score (nSPS) is 23.1. The van der Waals surface area contributed by atoms with Crippen molar-refractivity contribution < 1.29 is 9.47 Å². The van der Waals surface area contributed by atoms with Crippen LogP contribution in [0.3, 0.4) is 0 Å². The van der Waals surface area contributed by atoms with Gasteiger partial charge in [-0.3, -0.25) is 5.32 Å². The molecule has 1 aromatic carbocycles. The van der Waals surface area contributed by atoms with Gasteiger partial charge in [0.2, 0.25) is 0 Å². The van der Waals surface area contributed by atoms with Crippen molar-refractivity contribution in [2.45, 2.75) is 18.4 Å². The fraction of sp³-hybridized carbons (Fsp3) is 0.462. The molecule has 1 aliphatic rings. The maximum absolute atomic E-state index is 9.40. The molecular weight excluding hydrogens is 216 g/mol. The fourth-order valence-corrected chi connectivity index (χ4v) is 2.20. The zero-order valence-corrected chi connectivity index (χ0v) is 10.1. The Bertz CT molecular complexity index is 423. The third-order valence-electron chi connectivity index (χ3n) is 3.19. The van der Waals surface area contributed by atoms with E-state index in [0.717, 1.165) is 24.9 Å². The van der Waals surface area contributed by atoms with Crippen LogP contribution < -0.4 is 14.8 Å². The number of ether oxygens (including phenoxy) is 2. The highest BCUT2D eigenvalue weighted by molar-refractivity contribution is 5.44. The molecule has 2 rings (SSSR count). The second-order valence-electron chi connectivity index (χ2n) is 4.15. The summed E-state index contributed by atoms with van der Waals surface area (Å²) in [6.45, 7) is 0.868. The Morgan fingerprint density at radius 3 is 2.29 bits per heavy atom. The lowest BCUT2D eigenvalue weighted by molar-refractivity contribution is 0.389. The molecule has 0 amide bonds. The number of nitrogens with one attached hydrogen (secondary N) is 1. The Kier molecular flexibility index (Phi) is 3.21. The van der Waals surface area contributed by atoms with Gasteiger partial charge in [0, 0.05) is 6.07 Å². The number of hydrogen-bond donors (Lipinski definition) is 1. The Labute approximate surface area is 101 Å². The number of methoxy groups -OCH3 is 2. The molecule has 0 aliphatic carbocycles. The van der Waals surface area contributed by atoms with Gasteiger partial charge in [-0.1, -0.05) is 0 Å². The molecule has 4 heteroatoms. The first-order valence-corrected chi connectivity index (χ1v) is 5.64. The van der Waals surface area contributed by atoms with Gasteiger partial charge in [0.05, 0.1) is 20.3 Å². The van der Waals surface area contributed by atoms with Crippen molar-refractivity contribution >= 4 is 0 Å². The average Bonchev–Trinajstić information content (AvgIpc) is 2.88. The number of hydrogen-bond acceptors (Lipinski definition) is 4. The molecule has 90 valence electrons. The summed E-state index contributed by atoms with van der Waals surface area (Å²) >= 11 is 0. The molecule has 1 aromatic rings. The zero-order chi connectivity index (χ0) is 12.3. The molecule has 1 unspecified atom stereocenters. The lowest BCUT2D eigenvalue weighted by Gasteiger charge is -2.22. The molecule has 17 heavy (non-hydrogen) atoms. The SMILES string of the molecule is COc1cc(OC)cc(C2(C#N)CCCN2)c1. The van der Waals surface area contributed by atoms with Gasteiger partial charge in [-0.05, 0) is 37.1 Å². The molecule has 1 aliphatic heterocycles. The van der Waals surface area contributed by atoms with Gasteiger partial charge in [-0.15, -0.1) is 0 Å². The number of rotatable bonds is 3. The fourth-order valence-electron chi connectivity index (χ4n) is 2.20. The van der Waals surface area contributed by atoms with Gasteiger partial charge < -0.3 is 9.47 Å². The minimum Gasteiger partial charge on any atom is -0.497 e. The summed E-state index contributed by atoms with van der Waals surface area (Å²) in [5.41, 5.74) is 0.315. The van der Waals surface area contributed by atoms with Crippen molar-refractivity contribution in [3.05, 3.63) is 23.8 Å². The van der Waals surface area contributed by atoms with Crippen molar-refractivity contribution in [2.75, 3.05) is 20.8 Å². The largest absolute Gasteiger partial charge is 0.497 e. The average molecular weight is 232 g/mol. The number of benzene rings is 1. The van der Waals surface area contributed by atoms with Crippen LogP contribution in [0.15, 0.2) is 18.2 Å². The van der Waals surface area contributed by atoms with Crippen LogP contribution in [-0.2, 0) is 5.54 Å². The molecule has 0 aromatic heterocycles. The van der Waals surface area contributed by atoms with Crippen LogP contribution in [0.5, 0.6) is 11.5 Å². The summed E-state index contributed by atoms with van der Waals surface area (Å²) in [5.74, 6) is 1.42. The highest BCUT2D eigenvalue weighted by Gasteiger charge is 2.36. The molecule has 0 radical (unpaired) electrons. The molecule has 1 heterocycles. The first kappa shape index (κ1) is 11.7. The quantitative estimate of drug-likeness (QED) is 0.863. The number of nitriles is 1. The summed E-state index contributed by atoms with van der Waals surface area (Å²) in [7, 11) is 3.22. The maximum Gasteiger partial charge on any atom is 0.132 e. The predicted octanol–water partition coefficient (Wildman–Crippen LogP) is 1.81. The van der Waals surface area contributed by atoms with Crippen molar-refractivity contribution in [1.82, 2.24) is 5.32 Å². The first-order chi connectivity index (χ1) is 8.24. The third kappa shape index (κ3) is 2.06. The van der Waals surface area contributed by atoms with Gasteiger partial charge >= 0.3 is 0 Å². The van der Waals surface area contributed by atoms with Crippen molar-refractivity contribution in [3.8, 4) is 17.6 Å². The van der Waals surface area contributed by atoms with Crippen LogP contribution in [0.1, 0.15) is 18.4 Å². The minimum atomic E-state index is -0.595. The van der Waals surface area contributed by atoms with Crippen LogP contribution >= 0.6 is 0 Å². The van der Waals surface area contributed by atoms with Crippen LogP contribution in [0.4, 0.5) is 0 Å². The van der Waals surface area contributed by atoms with Crippen molar-refractivity contribution in [3.63, 3.8) is 0 Å². The summed E-state index contributed by atoms with van der Waals surface area (Å²) in [6, 6.07) is 7.97. The molecule has 0 bridgehead atoms. The minimum absolute atomic E-state index is 0.595. The van der Waals surface area contributed by atoms with E-state index in [1.807, 2.05) is 18.2 Å². The molecule has 0 spiro atoms. The van der Waals surface area contributed by atoms with E-state index in [1.165, 1.54) is 0 Å². The maximum atomic E-state index is 9.40. The van der Waals surface area contributed by atoms with Gasteiger partial charge in [0.1, 0.15) is 17.0 Å². The summed E-state index contributed by atoms with van der Waals surface area (Å²) < 4.78 is 10.5. The van der Waals surface area contributed by atoms with Gasteiger partial charge in [0.15, 0.2) is 0 Å². The van der Waals surface area contributed by atoms with E-state index >= 15 is 0 Å². The zero-order valence-electron chi connectivity index (χ0n) is 10.1. The second-order valence-corrected chi connectivity index (χ2v) is 4.15. The molecule has 1 saturated heterocycles. The van der Waals surface area contributed by atoms with E-state index in [0.29, 0.717) is 11.5 Å².